The molecule has 0 unspecified atom stereocenters. The van der Waals surface area contributed by atoms with Gasteiger partial charge in [-0.25, -0.2) is 4.79 Å². The number of thiophene rings is 1. The summed E-state index contributed by atoms with van der Waals surface area (Å²) in [6.07, 6.45) is 0. The zero-order valence-electron chi connectivity index (χ0n) is 11.9. The summed E-state index contributed by atoms with van der Waals surface area (Å²) in [4.78, 5) is 14.9. The van der Waals surface area contributed by atoms with Crippen molar-refractivity contribution in [2.75, 3.05) is 7.05 Å². The highest BCUT2D eigenvalue weighted by Crippen LogP contribution is 2.25. The van der Waals surface area contributed by atoms with Crippen molar-refractivity contribution in [2.45, 2.75) is 13.1 Å². The molecule has 0 spiro atoms. The lowest BCUT2D eigenvalue weighted by molar-refractivity contribution is 0.322. The summed E-state index contributed by atoms with van der Waals surface area (Å²) in [5.74, 6) is 0.0781. The van der Waals surface area contributed by atoms with Gasteiger partial charge in [-0.3, -0.25) is 4.90 Å². The molecule has 0 fully saturated rings. The third kappa shape index (κ3) is 3.32. The van der Waals surface area contributed by atoms with Crippen molar-refractivity contribution >= 4 is 33.9 Å². The summed E-state index contributed by atoms with van der Waals surface area (Å²) in [7, 11) is 1.98. The van der Waals surface area contributed by atoms with Crippen LogP contribution in [0.2, 0.25) is 4.34 Å². The molecule has 0 aliphatic rings. The molecule has 22 heavy (non-hydrogen) atoms. The maximum absolute atomic E-state index is 11.7. The van der Waals surface area contributed by atoms with Gasteiger partial charge in [0.05, 0.1) is 4.34 Å². The Kier molecular flexibility index (Phi) is 4.20. The molecule has 1 N–H and O–H groups in total. The van der Waals surface area contributed by atoms with Crippen LogP contribution in [0, 0.1) is 0 Å². The number of nitrogens with zero attached hydrogens (tertiary/aromatic N) is 1. The molecule has 4 nitrogen and oxygen atoms in total. The van der Waals surface area contributed by atoms with Gasteiger partial charge < -0.3 is 9.52 Å². The van der Waals surface area contributed by atoms with Crippen LogP contribution in [0.4, 0.5) is 0 Å². The van der Waals surface area contributed by atoms with E-state index in [-0.39, 0.29) is 5.75 Å². The van der Waals surface area contributed by atoms with Gasteiger partial charge >= 0.3 is 5.63 Å². The van der Waals surface area contributed by atoms with E-state index in [0.717, 1.165) is 26.7 Å². The Morgan fingerprint density at radius 1 is 1.23 bits per heavy atom. The predicted molar refractivity (Wildman–Crippen MR) is 88.6 cm³/mol. The van der Waals surface area contributed by atoms with Gasteiger partial charge in [-0.2, -0.15) is 0 Å². The van der Waals surface area contributed by atoms with Crippen molar-refractivity contribution in [1.29, 1.82) is 0 Å². The minimum absolute atomic E-state index is 0.0781. The first-order chi connectivity index (χ1) is 10.5. The van der Waals surface area contributed by atoms with Gasteiger partial charge in [-0.05, 0) is 36.9 Å². The number of aromatic hydroxyl groups is 1. The molecule has 0 saturated carbocycles. The van der Waals surface area contributed by atoms with Crippen LogP contribution in [-0.2, 0) is 13.1 Å². The topological polar surface area (TPSA) is 53.7 Å². The lowest BCUT2D eigenvalue weighted by Crippen LogP contribution is -2.17. The standard InChI is InChI=1S/C16H14ClNO3S/c1-18(9-12-3-5-15(17)22-12)8-10-6-16(20)21-14-7-11(19)2-4-13(10)14/h2-7,19H,8-9H2,1H3. The highest BCUT2D eigenvalue weighted by Gasteiger charge is 2.10. The van der Waals surface area contributed by atoms with Gasteiger partial charge in [0.15, 0.2) is 0 Å². The molecule has 0 amide bonds. The van der Waals surface area contributed by atoms with Crippen molar-refractivity contribution in [3.05, 3.63) is 61.6 Å². The second kappa shape index (κ2) is 6.12. The molecule has 0 bridgehead atoms. The fourth-order valence-electron chi connectivity index (χ4n) is 2.40. The fourth-order valence-corrected chi connectivity index (χ4v) is 3.57. The summed E-state index contributed by atoms with van der Waals surface area (Å²) in [5, 5.41) is 10.3. The first-order valence-electron chi connectivity index (χ1n) is 6.70. The Morgan fingerprint density at radius 3 is 2.77 bits per heavy atom. The van der Waals surface area contributed by atoms with E-state index in [4.69, 9.17) is 16.0 Å². The van der Waals surface area contributed by atoms with Crippen LogP contribution in [0.25, 0.3) is 11.0 Å². The SMILES string of the molecule is CN(Cc1ccc(Cl)s1)Cc1cc(=O)oc2cc(O)ccc12. The van der Waals surface area contributed by atoms with Gasteiger partial charge in [-0.15, -0.1) is 11.3 Å². The zero-order valence-corrected chi connectivity index (χ0v) is 13.4. The molecule has 6 heteroatoms. The molecular formula is C16H14ClNO3S. The van der Waals surface area contributed by atoms with E-state index in [1.807, 2.05) is 19.2 Å². The predicted octanol–water partition coefficient (Wildman–Crippen LogP) is 3.85. The monoisotopic (exact) mass is 335 g/mol. The molecule has 3 aromatic rings. The fraction of sp³-hybridized carbons (Fsp3) is 0.188. The Morgan fingerprint density at radius 2 is 2.05 bits per heavy atom. The van der Waals surface area contributed by atoms with Gasteiger partial charge in [0, 0.05) is 35.5 Å². The summed E-state index contributed by atoms with van der Waals surface area (Å²) in [5.41, 5.74) is 0.854. The van der Waals surface area contributed by atoms with Gasteiger partial charge in [0.25, 0.3) is 0 Å². The van der Waals surface area contributed by atoms with Crippen molar-refractivity contribution < 1.29 is 9.52 Å². The van der Waals surface area contributed by atoms with E-state index in [1.54, 1.807) is 23.5 Å². The number of rotatable bonds is 4. The summed E-state index contributed by atoms with van der Waals surface area (Å²) >= 11 is 7.49. The lowest BCUT2D eigenvalue weighted by Gasteiger charge is -2.16. The number of phenols is 1. The van der Waals surface area contributed by atoms with E-state index in [2.05, 4.69) is 4.90 Å². The molecule has 3 rings (SSSR count). The van der Waals surface area contributed by atoms with Crippen LogP contribution in [-0.4, -0.2) is 17.1 Å². The van der Waals surface area contributed by atoms with E-state index in [9.17, 15) is 9.90 Å². The molecular weight excluding hydrogens is 322 g/mol. The molecule has 0 saturated heterocycles. The second-order valence-corrected chi connectivity index (χ2v) is 6.95. The van der Waals surface area contributed by atoms with Gasteiger partial charge in [0.1, 0.15) is 11.3 Å². The highest BCUT2D eigenvalue weighted by atomic mass is 35.5. The van der Waals surface area contributed by atoms with Gasteiger partial charge in [-0.1, -0.05) is 11.6 Å². The second-order valence-electron chi connectivity index (χ2n) is 5.15. The first-order valence-corrected chi connectivity index (χ1v) is 7.89. The summed E-state index contributed by atoms with van der Waals surface area (Å²) in [6.45, 7) is 1.35. The number of halogens is 1. The molecule has 114 valence electrons. The third-order valence-corrected chi connectivity index (χ3v) is 4.52. The Balaban J connectivity index is 1.88. The highest BCUT2D eigenvalue weighted by molar-refractivity contribution is 7.16. The van der Waals surface area contributed by atoms with Crippen LogP contribution in [0.5, 0.6) is 5.75 Å². The Labute approximate surface area is 136 Å². The molecule has 0 radical (unpaired) electrons. The number of fused-ring (bicyclic) bond motifs is 1. The quantitative estimate of drug-likeness (QED) is 0.736. The van der Waals surface area contributed by atoms with Crippen LogP contribution < -0.4 is 5.63 Å². The van der Waals surface area contributed by atoms with Crippen LogP contribution in [0.3, 0.4) is 0 Å². The van der Waals surface area contributed by atoms with Crippen molar-refractivity contribution in [3.63, 3.8) is 0 Å². The van der Waals surface area contributed by atoms with E-state index >= 15 is 0 Å². The first kappa shape index (κ1) is 15.1. The van der Waals surface area contributed by atoms with E-state index in [0.29, 0.717) is 12.1 Å². The molecule has 0 atom stereocenters. The molecule has 2 aromatic heterocycles. The molecule has 0 aliphatic heterocycles. The van der Waals surface area contributed by atoms with Crippen molar-refractivity contribution in [1.82, 2.24) is 4.90 Å². The molecule has 2 heterocycles. The third-order valence-electron chi connectivity index (χ3n) is 3.31. The summed E-state index contributed by atoms with van der Waals surface area (Å²) < 4.78 is 5.91. The molecule has 1 aromatic carbocycles. The maximum Gasteiger partial charge on any atom is 0.336 e. The largest absolute Gasteiger partial charge is 0.508 e. The minimum Gasteiger partial charge on any atom is -0.508 e. The normalized spacial score (nSPS) is 11.4. The summed E-state index contributed by atoms with van der Waals surface area (Å²) in [6, 6.07) is 10.2. The number of hydrogen-bond donors (Lipinski definition) is 1. The van der Waals surface area contributed by atoms with Crippen molar-refractivity contribution in [2.24, 2.45) is 0 Å². The van der Waals surface area contributed by atoms with Crippen LogP contribution in [0.15, 0.2) is 45.6 Å². The van der Waals surface area contributed by atoms with Crippen LogP contribution in [0.1, 0.15) is 10.4 Å². The van der Waals surface area contributed by atoms with E-state index in [1.165, 1.54) is 12.1 Å². The van der Waals surface area contributed by atoms with E-state index < -0.39 is 5.63 Å². The average Bonchev–Trinajstić information content (AvgIpc) is 2.83. The number of hydrogen-bond acceptors (Lipinski definition) is 5. The molecule has 0 aliphatic carbocycles. The minimum atomic E-state index is -0.416. The smallest absolute Gasteiger partial charge is 0.336 e. The Bertz CT molecular complexity index is 871. The van der Waals surface area contributed by atoms with Crippen molar-refractivity contribution in [3.8, 4) is 5.75 Å². The number of phenolic OH excluding ortho intramolecular Hbond substituents is 1. The number of benzene rings is 1. The van der Waals surface area contributed by atoms with Gasteiger partial charge in [0.2, 0.25) is 0 Å². The maximum atomic E-state index is 11.7. The van der Waals surface area contributed by atoms with Crippen LogP contribution >= 0.6 is 22.9 Å². The average molecular weight is 336 g/mol. The lowest BCUT2D eigenvalue weighted by atomic mass is 10.1. The Hall–Kier alpha value is -1.82. The zero-order chi connectivity index (χ0) is 15.7.